The van der Waals surface area contributed by atoms with Gasteiger partial charge < -0.3 is 5.32 Å². The Labute approximate surface area is 158 Å². The van der Waals surface area contributed by atoms with Crippen LogP contribution in [0.5, 0.6) is 0 Å². The smallest absolute Gasteiger partial charge is 0.276 e. The molecule has 1 N–H and O–H groups in total. The van der Waals surface area contributed by atoms with Crippen molar-refractivity contribution in [3.8, 4) is 0 Å². The molecule has 0 saturated carbocycles. The topological polar surface area (TPSA) is 64.0 Å². The van der Waals surface area contributed by atoms with Crippen LogP contribution in [-0.4, -0.2) is 15.7 Å². The van der Waals surface area contributed by atoms with Gasteiger partial charge in [0.15, 0.2) is 0 Å². The molecule has 5 nitrogen and oxygen atoms in total. The first kappa shape index (κ1) is 17.4. The number of fused-ring (bicyclic) bond motifs is 3. The number of hydrogen-bond donors (Lipinski definition) is 1. The van der Waals surface area contributed by atoms with Crippen LogP contribution < -0.4 is 10.9 Å². The summed E-state index contributed by atoms with van der Waals surface area (Å²) in [6.07, 6.45) is 0. The number of halogens is 1. The van der Waals surface area contributed by atoms with Gasteiger partial charge in [-0.25, -0.2) is 9.07 Å². The van der Waals surface area contributed by atoms with Crippen molar-refractivity contribution in [3.05, 3.63) is 76.0 Å². The van der Waals surface area contributed by atoms with E-state index in [1.165, 1.54) is 22.1 Å². The van der Waals surface area contributed by atoms with E-state index in [0.29, 0.717) is 16.6 Å². The highest BCUT2D eigenvalue weighted by atomic mass is 32.1. The predicted molar refractivity (Wildman–Crippen MR) is 104 cm³/mol. The highest BCUT2D eigenvalue weighted by Gasteiger charge is 2.16. The maximum absolute atomic E-state index is 13.7. The molecule has 136 valence electrons. The summed E-state index contributed by atoms with van der Waals surface area (Å²) in [6, 6.07) is 13.9. The van der Waals surface area contributed by atoms with Gasteiger partial charge in [-0.3, -0.25) is 9.59 Å². The third-order valence-corrected chi connectivity index (χ3v) is 5.65. The zero-order valence-corrected chi connectivity index (χ0v) is 15.3. The summed E-state index contributed by atoms with van der Waals surface area (Å²) in [5.74, 6) is -0.777. The van der Waals surface area contributed by atoms with Crippen molar-refractivity contribution in [2.75, 3.05) is 0 Å². The Balaban J connectivity index is 1.63. The molecule has 4 aromatic rings. The fourth-order valence-electron chi connectivity index (χ4n) is 3.05. The van der Waals surface area contributed by atoms with Crippen LogP contribution in [0.4, 0.5) is 4.39 Å². The Bertz CT molecular complexity index is 1230. The fraction of sp³-hybridized carbons (Fsp3) is 0.150. The lowest BCUT2D eigenvalue weighted by molar-refractivity contribution is -0.122. The molecule has 2 aromatic carbocycles. The largest absolute Gasteiger partial charge is 0.350 e. The molecule has 7 heteroatoms. The van der Waals surface area contributed by atoms with Crippen LogP contribution in [0.1, 0.15) is 11.3 Å². The van der Waals surface area contributed by atoms with E-state index < -0.39 is 5.91 Å². The third kappa shape index (κ3) is 3.21. The summed E-state index contributed by atoms with van der Waals surface area (Å²) in [5, 5.41) is 8.38. The Morgan fingerprint density at radius 1 is 1.19 bits per heavy atom. The number of rotatable bonds is 4. The van der Waals surface area contributed by atoms with E-state index in [0.717, 1.165) is 14.8 Å². The molecule has 0 aliphatic carbocycles. The maximum atomic E-state index is 13.7. The summed E-state index contributed by atoms with van der Waals surface area (Å²) in [7, 11) is 0. The number of nitrogens with zero attached hydrogens (tertiary/aromatic N) is 2. The van der Waals surface area contributed by atoms with Crippen LogP contribution in [0.3, 0.4) is 0 Å². The fourth-order valence-corrected chi connectivity index (χ4v) is 4.18. The normalized spacial score (nSPS) is 11.2. The molecular formula is C20H16FN3O2S. The molecule has 2 aromatic heterocycles. The predicted octanol–water partition coefficient (Wildman–Crippen LogP) is 3.38. The van der Waals surface area contributed by atoms with E-state index in [-0.39, 0.29) is 24.5 Å². The van der Waals surface area contributed by atoms with Crippen LogP contribution in [0, 0.1) is 12.7 Å². The molecule has 0 radical (unpaired) electrons. The molecule has 0 spiro atoms. The first-order chi connectivity index (χ1) is 13.0. The molecule has 2 heterocycles. The lowest BCUT2D eigenvalue weighted by atomic mass is 10.2. The Morgan fingerprint density at radius 2 is 1.93 bits per heavy atom. The number of nitrogens with one attached hydrogen (secondary N) is 1. The van der Waals surface area contributed by atoms with Gasteiger partial charge in [-0.2, -0.15) is 5.10 Å². The number of carbonyl (C=O) groups excluding carboxylic acids is 1. The molecule has 0 saturated heterocycles. The maximum Gasteiger partial charge on any atom is 0.276 e. The quantitative estimate of drug-likeness (QED) is 0.589. The lowest BCUT2D eigenvalue weighted by Gasteiger charge is -2.08. The van der Waals surface area contributed by atoms with Gasteiger partial charge in [0.25, 0.3) is 5.56 Å². The minimum absolute atomic E-state index is 0.0584. The average molecular weight is 381 g/mol. The van der Waals surface area contributed by atoms with Crippen LogP contribution in [0.2, 0.25) is 0 Å². The number of carbonyl (C=O) groups is 1. The summed E-state index contributed by atoms with van der Waals surface area (Å²) in [6.45, 7) is 1.67. The van der Waals surface area contributed by atoms with E-state index in [2.05, 4.69) is 10.4 Å². The van der Waals surface area contributed by atoms with Crippen molar-refractivity contribution in [1.82, 2.24) is 15.1 Å². The molecule has 0 unspecified atom stereocenters. The zero-order chi connectivity index (χ0) is 19.0. The van der Waals surface area contributed by atoms with E-state index >= 15 is 0 Å². The minimum atomic E-state index is -0.397. The van der Waals surface area contributed by atoms with Crippen molar-refractivity contribution in [2.24, 2.45) is 0 Å². The molecular weight excluding hydrogens is 365 g/mol. The van der Waals surface area contributed by atoms with E-state index in [1.54, 1.807) is 18.2 Å². The van der Waals surface area contributed by atoms with Gasteiger partial charge in [-0.15, -0.1) is 11.3 Å². The SMILES string of the molecule is Cc1nn(CC(=O)NCc2ccccc2F)c(=O)c2c1sc1ccccc12. The van der Waals surface area contributed by atoms with Crippen molar-refractivity contribution in [2.45, 2.75) is 20.0 Å². The van der Waals surface area contributed by atoms with E-state index in [1.807, 2.05) is 31.2 Å². The number of aryl methyl sites for hydroxylation is 1. The van der Waals surface area contributed by atoms with Crippen LogP contribution in [0.25, 0.3) is 20.2 Å². The van der Waals surface area contributed by atoms with Crippen molar-refractivity contribution >= 4 is 37.4 Å². The van der Waals surface area contributed by atoms with E-state index in [4.69, 9.17) is 0 Å². The molecule has 0 aliphatic heterocycles. The first-order valence-corrected chi connectivity index (χ1v) is 9.25. The van der Waals surface area contributed by atoms with Crippen LogP contribution >= 0.6 is 11.3 Å². The summed E-state index contributed by atoms with van der Waals surface area (Å²) >= 11 is 1.52. The lowest BCUT2D eigenvalue weighted by Crippen LogP contribution is -2.33. The van der Waals surface area contributed by atoms with Gasteiger partial charge in [-0.1, -0.05) is 36.4 Å². The number of hydrogen-bond acceptors (Lipinski definition) is 4. The molecule has 27 heavy (non-hydrogen) atoms. The highest BCUT2D eigenvalue weighted by Crippen LogP contribution is 2.32. The van der Waals surface area contributed by atoms with Gasteiger partial charge in [0.2, 0.25) is 5.91 Å². The molecule has 0 atom stereocenters. The minimum Gasteiger partial charge on any atom is -0.350 e. The molecule has 0 fully saturated rings. The Hall–Kier alpha value is -3.06. The van der Waals surface area contributed by atoms with Crippen molar-refractivity contribution in [3.63, 3.8) is 0 Å². The van der Waals surface area contributed by atoms with Crippen LogP contribution in [-0.2, 0) is 17.9 Å². The van der Waals surface area contributed by atoms with Gasteiger partial charge in [0, 0.05) is 22.2 Å². The van der Waals surface area contributed by atoms with Gasteiger partial charge in [0.05, 0.1) is 15.8 Å². The second-order valence-electron chi connectivity index (χ2n) is 6.22. The van der Waals surface area contributed by atoms with Crippen molar-refractivity contribution in [1.29, 1.82) is 0 Å². The number of thiophene rings is 1. The summed E-state index contributed by atoms with van der Waals surface area (Å²) < 4.78 is 16.7. The van der Waals surface area contributed by atoms with Gasteiger partial charge in [0.1, 0.15) is 12.4 Å². The third-order valence-electron chi connectivity index (χ3n) is 4.37. The van der Waals surface area contributed by atoms with Gasteiger partial charge >= 0.3 is 0 Å². The zero-order valence-electron chi connectivity index (χ0n) is 14.5. The van der Waals surface area contributed by atoms with Crippen molar-refractivity contribution < 1.29 is 9.18 Å². The highest BCUT2D eigenvalue weighted by molar-refractivity contribution is 7.26. The molecule has 4 rings (SSSR count). The molecule has 0 bridgehead atoms. The number of aromatic nitrogens is 2. The second-order valence-corrected chi connectivity index (χ2v) is 7.27. The number of benzene rings is 2. The molecule has 0 aliphatic rings. The molecule has 1 amide bonds. The van der Waals surface area contributed by atoms with E-state index in [9.17, 15) is 14.0 Å². The standard InChI is InChI=1S/C20H16FN3O2S/c1-12-19-18(14-7-3-5-9-16(14)27-19)20(26)24(23-12)11-17(25)22-10-13-6-2-4-8-15(13)21/h2-9H,10-11H2,1H3,(H,22,25). The Kier molecular flexibility index (Phi) is 4.45. The second kappa shape index (κ2) is 6.92. The van der Waals surface area contributed by atoms with Gasteiger partial charge in [-0.05, 0) is 19.1 Å². The summed E-state index contributed by atoms with van der Waals surface area (Å²) in [5.41, 5.74) is 0.795. The Morgan fingerprint density at radius 3 is 2.74 bits per heavy atom. The van der Waals surface area contributed by atoms with Crippen LogP contribution in [0.15, 0.2) is 53.3 Å². The first-order valence-electron chi connectivity index (χ1n) is 8.43. The number of amides is 1. The monoisotopic (exact) mass is 381 g/mol. The summed E-state index contributed by atoms with van der Waals surface area (Å²) in [4.78, 5) is 25.2. The average Bonchev–Trinajstić information content (AvgIpc) is 3.06.